The summed E-state index contributed by atoms with van der Waals surface area (Å²) in [5, 5.41) is 6.68. The van der Waals surface area contributed by atoms with Crippen molar-refractivity contribution >= 4 is 17.5 Å². The van der Waals surface area contributed by atoms with Gasteiger partial charge in [-0.05, 0) is 38.9 Å². The zero-order valence-electron chi connectivity index (χ0n) is 13.2. The molecule has 0 fully saturated rings. The Morgan fingerprint density at radius 3 is 2.57 bits per heavy atom. The SMILES string of the molecule is CCC(CC)NC(=O)C(C)Oc1cccc(Cl)c1CNC. The number of amides is 1. The number of rotatable bonds is 8. The summed E-state index contributed by atoms with van der Waals surface area (Å²) in [6, 6.07) is 5.66. The summed E-state index contributed by atoms with van der Waals surface area (Å²) >= 11 is 6.18. The zero-order chi connectivity index (χ0) is 15.8. The normalized spacial score (nSPS) is 12.3. The van der Waals surface area contributed by atoms with E-state index in [2.05, 4.69) is 24.5 Å². The van der Waals surface area contributed by atoms with Crippen molar-refractivity contribution in [2.75, 3.05) is 7.05 Å². The lowest BCUT2D eigenvalue weighted by Crippen LogP contribution is -2.42. The van der Waals surface area contributed by atoms with E-state index in [1.807, 2.05) is 25.2 Å². The van der Waals surface area contributed by atoms with Crippen LogP contribution in [0.25, 0.3) is 0 Å². The van der Waals surface area contributed by atoms with Gasteiger partial charge in [-0.2, -0.15) is 0 Å². The maximum atomic E-state index is 12.1. The molecule has 0 saturated heterocycles. The van der Waals surface area contributed by atoms with Gasteiger partial charge in [-0.25, -0.2) is 0 Å². The molecule has 0 saturated carbocycles. The molecule has 0 aliphatic carbocycles. The molecule has 4 nitrogen and oxygen atoms in total. The second-order valence-electron chi connectivity index (χ2n) is 5.03. The molecule has 0 spiro atoms. The van der Waals surface area contributed by atoms with Crippen LogP contribution in [0.3, 0.4) is 0 Å². The van der Waals surface area contributed by atoms with Crippen LogP contribution in [0.5, 0.6) is 5.75 Å². The lowest BCUT2D eigenvalue weighted by atomic mass is 10.1. The van der Waals surface area contributed by atoms with Gasteiger partial charge in [-0.15, -0.1) is 0 Å². The topological polar surface area (TPSA) is 50.4 Å². The van der Waals surface area contributed by atoms with Gasteiger partial charge in [0.05, 0.1) is 0 Å². The van der Waals surface area contributed by atoms with E-state index in [4.69, 9.17) is 16.3 Å². The van der Waals surface area contributed by atoms with Crippen molar-refractivity contribution in [2.24, 2.45) is 0 Å². The van der Waals surface area contributed by atoms with Gasteiger partial charge < -0.3 is 15.4 Å². The van der Waals surface area contributed by atoms with E-state index in [9.17, 15) is 4.79 Å². The van der Waals surface area contributed by atoms with Gasteiger partial charge in [0.2, 0.25) is 0 Å². The lowest BCUT2D eigenvalue weighted by molar-refractivity contribution is -0.128. The number of hydrogen-bond donors (Lipinski definition) is 2. The van der Waals surface area contributed by atoms with Gasteiger partial charge in [0, 0.05) is 23.2 Å². The molecule has 0 radical (unpaired) electrons. The summed E-state index contributed by atoms with van der Waals surface area (Å²) in [5.74, 6) is 0.545. The average Bonchev–Trinajstić information content (AvgIpc) is 2.48. The molecule has 0 aliphatic heterocycles. The Morgan fingerprint density at radius 2 is 2.00 bits per heavy atom. The summed E-state index contributed by atoms with van der Waals surface area (Å²) in [7, 11) is 1.84. The lowest BCUT2D eigenvalue weighted by Gasteiger charge is -2.21. The molecule has 118 valence electrons. The second kappa shape index (κ2) is 8.90. The fraction of sp³-hybridized carbons (Fsp3) is 0.562. The summed E-state index contributed by atoms with van der Waals surface area (Å²) in [4.78, 5) is 12.1. The maximum Gasteiger partial charge on any atom is 0.260 e. The third-order valence-electron chi connectivity index (χ3n) is 3.43. The molecule has 1 unspecified atom stereocenters. The van der Waals surface area contributed by atoms with E-state index in [0.717, 1.165) is 18.4 Å². The molecular formula is C16H25ClN2O2. The smallest absolute Gasteiger partial charge is 0.260 e. The van der Waals surface area contributed by atoms with Crippen LogP contribution in [0.1, 0.15) is 39.2 Å². The molecule has 1 atom stereocenters. The summed E-state index contributed by atoms with van der Waals surface area (Å²) in [5.41, 5.74) is 0.865. The Bertz CT molecular complexity index is 462. The molecule has 0 bridgehead atoms. The van der Waals surface area contributed by atoms with Crippen molar-refractivity contribution in [1.82, 2.24) is 10.6 Å². The Balaban J connectivity index is 2.76. The van der Waals surface area contributed by atoms with Gasteiger partial charge in [0.1, 0.15) is 5.75 Å². The third-order valence-corrected chi connectivity index (χ3v) is 3.79. The van der Waals surface area contributed by atoms with Crippen molar-refractivity contribution in [2.45, 2.75) is 52.3 Å². The Labute approximate surface area is 132 Å². The van der Waals surface area contributed by atoms with Crippen LogP contribution < -0.4 is 15.4 Å². The van der Waals surface area contributed by atoms with Gasteiger partial charge in [0.15, 0.2) is 6.10 Å². The monoisotopic (exact) mass is 312 g/mol. The fourth-order valence-electron chi connectivity index (χ4n) is 2.05. The van der Waals surface area contributed by atoms with E-state index in [1.165, 1.54) is 0 Å². The van der Waals surface area contributed by atoms with Crippen molar-refractivity contribution in [1.29, 1.82) is 0 Å². The highest BCUT2D eigenvalue weighted by Crippen LogP contribution is 2.27. The first-order valence-electron chi connectivity index (χ1n) is 7.42. The third kappa shape index (κ3) is 5.21. The first kappa shape index (κ1) is 17.8. The molecule has 2 N–H and O–H groups in total. The second-order valence-corrected chi connectivity index (χ2v) is 5.44. The summed E-state index contributed by atoms with van der Waals surface area (Å²) < 4.78 is 5.79. The predicted octanol–water partition coefficient (Wildman–Crippen LogP) is 3.13. The van der Waals surface area contributed by atoms with Gasteiger partial charge in [0.25, 0.3) is 5.91 Å². The zero-order valence-corrected chi connectivity index (χ0v) is 14.0. The van der Waals surface area contributed by atoms with E-state index < -0.39 is 6.10 Å². The maximum absolute atomic E-state index is 12.1. The first-order chi connectivity index (χ1) is 10.0. The van der Waals surface area contributed by atoms with Crippen molar-refractivity contribution in [3.63, 3.8) is 0 Å². The van der Waals surface area contributed by atoms with E-state index in [1.54, 1.807) is 6.92 Å². The van der Waals surface area contributed by atoms with Crippen LogP contribution in [0.15, 0.2) is 18.2 Å². The molecule has 0 heterocycles. The van der Waals surface area contributed by atoms with Crippen LogP contribution in [-0.4, -0.2) is 25.1 Å². The minimum Gasteiger partial charge on any atom is -0.481 e. The standard InChI is InChI=1S/C16H25ClN2O2/c1-5-12(6-2)19-16(20)11(3)21-15-9-7-8-14(17)13(15)10-18-4/h7-9,11-12,18H,5-6,10H2,1-4H3,(H,19,20). The minimum absolute atomic E-state index is 0.0981. The number of nitrogens with one attached hydrogen (secondary N) is 2. The molecule has 5 heteroatoms. The molecular weight excluding hydrogens is 288 g/mol. The van der Waals surface area contributed by atoms with E-state index in [0.29, 0.717) is 17.3 Å². The van der Waals surface area contributed by atoms with Crippen LogP contribution in [0, 0.1) is 0 Å². The molecule has 1 aromatic rings. The molecule has 0 aromatic heterocycles. The largest absolute Gasteiger partial charge is 0.481 e. The van der Waals surface area contributed by atoms with Crippen LogP contribution in [-0.2, 0) is 11.3 Å². The highest BCUT2D eigenvalue weighted by atomic mass is 35.5. The van der Waals surface area contributed by atoms with E-state index >= 15 is 0 Å². The van der Waals surface area contributed by atoms with Crippen molar-refractivity contribution in [3.05, 3.63) is 28.8 Å². The van der Waals surface area contributed by atoms with Gasteiger partial charge in [-0.3, -0.25) is 4.79 Å². The van der Waals surface area contributed by atoms with Crippen molar-refractivity contribution < 1.29 is 9.53 Å². The molecule has 0 aliphatic rings. The fourth-order valence-corrected chi connectivity index (χ4v) is 2.29. The highest BCUT2D eigenvalue weighted by Gasteiger charge is 2.19. The van der Waals surface area contributed by atoms with Gasteiger partial charge >= 0.3 is 0 Å². The molecule has 1 aromatic carbocycles. The van der Waals surface area contributed by atoms with E-state index in [-0.39, 0.29) is 11.9 Å². The molecule has 1 amide bonds. The van der Waals surface area contributed by atoms with Crippen LogP contribution in [0.2, 0.25) is 5.02 Å². The summed E-state index contributed by atoms with van der Waals surface area (Å²) in [6.45, 7) is 6.46. The number of hydrogen-bond acceptors (Lipinski definition) is 3. The van der Waals surface area contributed by atoms with Crippen LogP contribution >= 0.6 is 11.6 Å². The average molecular weight is 313 g/mol. The first-order valence-corrected chi connectivity index (χ1v) is 7.80. The number of halogens is 1. The number of ether oxygens (including phenoxy) is 1. The summed E-state index contributed by atoms with van der Waals surface area (Å²) in [6.07, 6.45) is 1.27. The molecule has 1 rings (SSSR count). The quantitative estimate of drug-likeness (QED) is 0.775. The predicted molar refractivity (Wildman–Crippen MR) is 86.8 cm³/mol. The minimum atomic E-state index is -0.556. The Kier molecular flexibility index (Phi) is 7.54. The Morgan fingerprint density at radius 1 is 1.33 bits per heavy atom. The van der Waals surface area contributed by atoms with Crippen molar-refractivity contribution in [3.8, 4) is 5.75 Å². The highest BCUT2D eigenvalue weighted by molar-refractivity contribution is 6.31. The number of carbonyl (C=O) groups excluding carboxylic acids is 1. The van der Waals surface area contributed by atoms with Gasteiger partial charge in [-0.1, -0.05) is 31.5 Å². The number of carbonyl (C=O) groups is 1. The number of benzene rings is 1. The Hall–Kier alpha value is -1.26. The van der Waals surface area contributed by atoms with Crippen LogP contribution in [0.4, 0.5) is 0 Å². The molecule has 21 heavy (non-hydrogen) atoms.